The summed E-state index contributed by atoms with van der Waals surface area (Å²) in [6.07, 6.45) is 2.80. The zero-order valence-electron chi connectivity index (χ0n) is 16.5. The van der Waals surface area contributed by atoms with E-state index in [1.165, 1.54) is 0 Å². The molecule has 0 aliphatic rings. The molecule has 1 heterocycles. The molecule has 7 nitrogen and oxygen atoms in total. The van der Waals surface area contributed by atoms with Gasteiger partial charge in [-0.25, -0.2) is 4.98 Å². The van der Waals surface area contributed by atoms with Crippen molar-refractivity contribution in [3.63, 3.8) is 0 Å². The van der Waals surface area contributed by atoms with E-state index in [9.17, 15) is 0 Å². The lowest BCUT2D eigenvalue weighted by Gasteiger charge is -2.16. The number of hydrogen-bond donors (Lipinski definition) is 2. The first kappa shape index (κ1) is 24.6. The van der Waals surface area contributed by atoms with Crippen molar-refractivity contribution >= 4 is 58.7 Å². The number of guanidine groups is 1. The summed E-state index contributed by atoms with van der Waals surface area (Å²) in [5, 5.41) is 8.53. The Labute approximate surface area is 191 Å². The molecule has 2 N–H and O–H groups in total. The van der Waals surface area contributed by atoms with Gasteiger partial charge < -0.3 is 24.8 Å². The largest absolute Gasteiger partial charge is 0.493 e. The fourth-order valence-corrected chi connectivity index (χ4v) is 3.93. The molecule has 0 atom stereocenters. The van der Waals surface area contributed by atoms with E-state index in [-0.39, 0.29) is 24.0 Å². The number of anilines is 1. The number of hydrogen-bond acceptors (Lipinski definition) is 7. The fraction of sp³-hybridized carbons (Fsp3) is 0.444. The number of benzene rings is 1. The van der Waals surface area contributed by atoms with Crippen LogP contribution in [0.3, 0.4) is 0 Å². The van der Waals surface area contributed by atoms with E-state index in [0.717, 1.165) is 35.3 Å². The molecule has 2 aromatic rings. The molecule has 0 bridgehead atoms. The average molecular weight is 538 g/mol. The highest BCUT2D eigenvalue weighted by atomic mass is 127. The molecule has 1 aromatic heterocycles. The van der Waals surface area contributed by atoms with E-state index < -0.39 is 0 Å². The van der Waals surface area contributed by atoms with Gasteiger partial charge in [0, 0.05) is 48.2 Å². The van der Waals surface area contributed by atoms with Crippen LogP contribution in [0.5, 0.6) is 17.2 Å². The van der Waals surface area contributed by atoms with Crippen LogP contribution in [-0.4, -0.2) is 51.1 Å². The van der Waals surface area contributed by atoms with E-state index in [2.05, 4.69) is 20.6 Å². The van der Waals surface area contributed by atoms with Gasteiger partial charge in [-0.15, -0.1) is 35.3 Å². The van der Waals surface area contributed by atoms with Gasteiger partial charge in [0.25, 0.3) is 0 Å². The molecular weight excluding hydrogens is 511 g/mol. The standard InChI is InChI=1S/C18H26N4O3S2.HI/c1-5-19-17(20-7-6-9-26-18-21-8-10-27-18)22-13-11-14(23-2)16(25-4)15(12-13)24-3;/h8,10-12H,5-7,9H2,1-4H3,(H2,19,20,22);1H. The second kappa shape index (κ2) is 13.7. The van der Waals surface area contributed by atoms with Crippen LogP contribution in [0.25, 0.3) is 0 Å². The number of ether oxygens (including phenoxy) is 3. The Morgan fingerprint density at radius 2 is 1.89 bits per heavy atom. The number of aliphatic imine (C=N–C) groups is 1. The Hall–Kier alpha value is -1.40. The first-order valence-corrected chi connectivity index (χ1v) is 10.5. The molecule has 0 saturated carbocycles. The predicted molar refractivity (Wildman–Crippen MR) is 129 cm³/mol. The molecule has 10 heteroatoms. The molecule has 0 saturated heterocycles. The Morgan fingerprint density at radius 3 is 2.43 bits per heavy atom. The third-order valence-electron chi connectivity index (χ3n) is 3.48. The maximum atomic E-state index is 5.40. The molecular formula is C18H27IN4O3S2. The molecule has 0 unspecified atom stereocenters. The minimum atomic E-state index is 0. The number of thioether (sulfide) groups is 1. The summed E-state index contributed by atoms with van der Waals surface area (Å²) < 4.78 is 17.2. The highest BCUT2D eigenvalue weighted by Gasteiger charge is 2.13. The summed E-state index contributed by atoms with van der Waals surface area (Å²) in [5.74, 6) is 3.45. The minimum Gasteiger partial charge on any atom is -0.493 e. The Bertz CT molecular complexity index is 705. The number of halogens is 1. The van der Waals surface area contributed by atoms with Crippen LogP contribution < -0.4 is 24.8 Å². The fourth-order valence-electron chi connectivity index (χ4n) is 2.29. The summed E-state index contributed by atoms with van der Waals surface area (Å²) in [6.45, 7) is 3.52. The van der Waals surface area contributed by atoms with E-state index in [1.807, 2.05) is 30.6 Å². The summed E-state index contributed by atoms with van der Waals surface area (Å²) >= 11 is 3.42. The molecule has 0 spiro atoms. The van der Waals surface area contributed by atoms with Gasteiger partial charge in [-0.05, 0) is 13.3 Å². The average Bonchev–Trinajstić information content (AvgIpc) is 3.20. The van der Waals surface area contributed by atoms with E-state index >= 15 is 0 Å². The van der Waals surface area contributed by atoms with Gasteiger partial charge in [0.05, 0.1) is 21.3 Å². The van der Waals surface area contributed by atoms with Gasteiger partial charge in [-0.3, -0.25) is 4.99 Å². The Kier molecular flexibility index (Phi) is 12.1. The minimum absolute atomic E-state index is 0. The van der Waals surface area contributed by atoms with Gasteiger partial charge in [0.15, 0.2) is 17.5 Å². The molecule has 0 radical (unpaired) electrons. The van der Waals surface area contributed by atoms with Gasteiger partial charge in [-0.2, -0.15) is 0 Å². The molecule has 1 aromatic carbocycles. The maximum absolute atomic E-state index is 5.40. The lowest BCUT2D eigenvalue weighted by Crippen LogP contribution is -2.30. The highest BCUT2D eigenvalue weighted by molar-refractivity contribution is 14.0. The van der Waals surface area contributed by atoms with Crippen LogP contribution in [0.2, 0.25) is 0 Å². The van der Waals surface area contributed by atoms with Gasteiger partial charge in [0.2, 0.25) is 5.75 Å². The van der Waals surface area contributed by atoms with E-state index in [1.54, 1.807) is 44.4 Å². The number of aromatic nitrogens is 1. The Balaban J connectivity index is 0.00000392. The van der Waals surface area contributed by atoms with Crippen molar-refractivity contribution in [3.05, 3.63) is 23.7 Å². The van der Waals surface area contributed by atoms with Crippen molar-refractivity contribution in [1.29, 1.82) is 0 Å². The molecule has 0 aliphatic carbocycles. The zero-order valence-corrected chi connectivity index (χ0v) is 20.4. The van der Waals surface area contributed by atoms with Crippen molar-refractivity contribution in [1.82, 2.24) is 10.3 Å². The van der Waals surface area contributed by atoms with Gasteiger partial charge in [-0.1, -0.05) is 11.8 Å². The predicted octanol–water partition coefficient (Wildman–Crippen LogP) is 4.35. The number of thiazole rings is 1. The number of nitrogens with zero attached hydrogens (tertiary/aromatic N) is 2. The molecule has 2 rings (SSSR count). The molecule has 0 fully saturated rings. The van der Waals surface area contributed by atoms with E-state index in [0.29, 0.717) is 23.2 Å². The molecule has 156 valence electrons. The smallest absolute Gasteiger partial charge is 0.203 e. The van der Waals surface area contributed by atoms with Crippen LogP contribution in [0.15, 0.2) is 33.0 Å². The quantitative estimate of drug-likeness (QED) is 0.153. The van der Waals surface area contributed by atoms with Gasteiger partial charge >= 0.3 is 0 Å². The molecule has 0 amide bonds. The summed E-state index contributed by atoms with van der Waals surface area (Å²) in [5.41, 5.74) is 0.807. The van der Waals surface area contributed by atoms with Crippen molar-refractivity contribution < 1.29 is 14.2 Å². The lowest BCUT2D eigenvalue weighted by molar-refractivity contribution is 0.324. The lowest BCUT2D eigenvalue weighted by atomic mass is 10.2. The van der Waals surface area contributed by atoms with E-state index in [4.69, 9.17) is 14.2 Å². The Morgan fingerprint density at radius 1 is 1.18 bits per heavy atom. The summed E-state index contributed by atoms with van der Waals surface area (Å²) in [7, 11) is 4.78. The van der Waals surface area contributed by atoms with Crippen LogP contribution in [0.1, 0.15) is 13.3 Å². The molecule has 28 heavy (non-hydrogen) atoms. The summed E-state index contributed by atoms with van der Waals surface area (Å²) in [4.78, 5) is 8.90. The monoisotopic (exact) mass is 538 g/mol. The van der Waals surface area contributed by atoms with Crippen molar-refractivity contribution in [2.45, 2.75) is 17.7 Å². The van der Waals surface area contributed by atoms with Crippen molar-refractivity contribution in [2.75, 3.05) is 45.5 Å². The van der Waals surface area contributed by atoms with Crippen LogP contribution >= 0.6 is 47.1 Å². The SMILES string of the molecule is CCNC(=NCCCSc1nccs1)Nc1cc(OC)c(OC)c(OC)c1.I. The molecule has 0 aliphatic heterocycles. The first-order chi connectivity index (χ1) is 13.2. The summed E-state index contributed by atoms with van der Waals surface area (Å²) in [6, 6.07) is 3.71. The second-order valence-corrected chi connectivity index (χ2v) is 7.54. The van der Waals surface area contributed by atoms with Crippen molar-refractivity contribution in [2.24, 2.45) is 4.99 Å². The van der Waals surface area contributed by atoms with Crippen molar-refractivity contribution in [3.8, 4) is 17.2 Å². The number of methoxy groups -OCH3 is 3. The zero-order chi connectivity index (χ0) is 19.5. The number of rotatable bonds is 10. The highest BCUT2D eigenvalue weighted by Crippen LogP contribution is 2.39. The topological polar surface area (TPSA) is 77.0 Å². The third-order valence-corrected chi connectivity index (χ3v) is 5.53. The third kappa shape index (κ3) is 7.55. The van der Waals surface area contributed by atoms with Crippen LogP contribution in [0, 0.1) is 0 Å². The first-order valence-electron chi connectivity index (χ1n) is 8.59. The van der Waals surface area contributed by atoms with Crippen LogP contribution in [0.4, 0.5) is 5.69 Å². The second-order valence-electron chi connectivity index (χ2n) is 5.30. The van der Waals surface area contributed by atoms with Crippen LogP contribution in [-0.2, 0) is 0 Å². The number of nitrogens with one attached hydrogen (secondary N) is 2. The van der Waals surface area contributed by atoms with Gasteiger partial charge in [0.1, 0.15) is 4.34 Å². The normalized spacial score (nSPS) is 10.8. The maximum Gasteiger partial charge on any atom is 0.203 e.